The summed E-state index contributed by atoms with van der Waals surface area (Å²) in [6.07, 6.45) is 7.39. The molecule has 1 saturated carbocycles. The van der Waals surface area contributed by atoms with Crippen molar-refractivity contribution in [1.82, 2.24) is 15.2 Å². The number of fused-ring (bicyclic) bond motifs is 1. The molecule has 20 heavy (non-hydrogen) atoms. The topological polar surface area (TPSA) is 64.3 Å². The normalized spacial score (nSPS) is 24.8. The van der Waals surface area contributed by atoms with E-state index < -0.39 is 0 Å². The summed E-state index contributed by atoms with van der Waals surface area (Å²) in [6, 6.07) is 4.23. The molecule has 104 valence electrons. The van der Waals surface area contributed by atoms with Crippen LogP contribution < -0.4 is 5.32 Å². The molecule has 0 saturated heterocycles. The molecule has 5 nitrogen and oxygen atoms in total. The number of rotatable bonds is 2. The van der Waals surface area contributed by atoms with Crippen LogP contribution in [0, 0.1) is 17.4 Å². The molecule has 0 spiro atoms. The number of aliphatic imine (C=N–C) groups is 1. The van der Waals surface area contributed by atoms with E-state index >= 15 is 0 Å². The molecule has 0 amide bonds. The highest BCUT2D eigenvalue weighted by atomic mass is 35.5. The molecule has 1 fully saturated rings. The van der Waals surface area contributed by atoms with E-state index in [0.717, 1.165) is 18.5 Å². The largest absolute Gasteiger partial charge is 0.334 e. The lowest BCUT2D eigenvalue weighted by atomic mass is 10.0. The fraction of sp³-hybridized carbons (Fsp3) is 0.500. The average Bonchev–Trinajstić information content (AvgIpc) is 2.92. The Balaban J connectivity index is 1.82. The predicted octanol–water partition coefficient (Wildman–Crippen LogP) is 2.15. The van der Waals surface area contributed by atoms with Crippen molar-refractivity contribution in [3.63, 3.8) is 0 Å². The molecule has 1 aromatic heterocycles. The van der Waals surface area contributed by atoms with Crippen molar-refractivity contribution in [1.29, 1.82) is 5.26 Å². The zero-order chi connectivity index (χ0) is 13.9. The Bertz CT molecular complexity index is 548. The van der Waals surface area contributed by atoms with Gasteiger partial charge in [0.1, 0.15) is 5.15 Å². The van der Waals surface area contributed by atoms with Gasteiger partial charge in [-0.15, -0.1) is 0 Å². The number of halogens is 1. The van der Waals surface area contributed by atoms with Gasteiger partial charge in [0.15, 0.2) is 6.19 Å². The average molecular weight is 290 g/mol. The van der Waals surface area contributed by atoms with Crippen LogP contribution in [0.25, 0.3) is 0 Å². The van der Waals surface area contributed by atoms with E-state index in [1.807, 2.05) is 12.3 Å². The molecular weight excluding hydrogens is 274 g/mol. The fourth-order valence-corrected chi connectivity index (χ4v) is 3.25. The third-order valence-electron chi connectivity index (χ3n) is 4.08. The number of nitrogens with zero attached hydrogens (tertiary/aromatic N) is 4. The van der Waals surface area contributed by atoms with Crippen molar-refractivity contribution in [2.45, 2.75) is 31.8 Å². The minimum absolute atomic E-state index is 0.471. The van der Waals surface area contributed by atoms with Gasteiger partial charge in [0.05, 0.1) is 0 Å². The molecule has 2 aliphatic rings. The lowest BCUT2D eigenvalue weighted by Gasteiger charge is -2.37. The van der Waals surface area contributed by atoms with E-state index in [2.05, 4.69) is 20.2 Å². The molecule has 0 bridgehead atoms. The number of aromatic nitrogens is 1. The van der Waals surface area contributed by atoms with Crippen molar-refractivity contribution < 1.29 is 0 Å². The van der Waals surface area contributed by atoms with Crippen LogP contribution in [0.2, 0.25) is 5.15 Å². The van der Waals surface area contributed by atoms with Gasteiger partial charge in [0, 0.05) is 25.3 Å². The Kier molecular flexibility index (Phi) is 3.75. The minimum Gasteiger partial charge on any atom is -0.334 e. The van der Waals surface area contributed by atoms with Gasteiger partial charge >= 0.3 is 0 Å². The Morgan fingerprint density at radius 3 is 3.10 bits per heavy atom. The first kappa shape index (κ1) is 13.2. The van der Waals surface area contributed by atoms with E-state index in [0.29, 0.717) is 29.6 Å². The SMILES string of the molecule is N#CNC1=NCC2CCCC2N1Cc1ccc(Cl)nc1. The van der Waals surface area contributed by atoms with Crippen LogP contribution in [-0.2, 0) is 6.54 Å². The van der Waals surface area contributed by atoms with Crippen molar-refractivity contribution in [3.8, 4) is 6.19 Å². The molecule has 2 unspecified atom stereocenters. The maximum absolute atomic E-state index is 8.88. The Morgan fingerprint density at radius 1 is 1.45 bits per heavy atom. The quantitative estimate of drug-likeness (QED) is 0.515. The van der Waals surface area contributed by atoms with Crippen molar-refractivity contribution in [2.24, 2.45) is 10.9 Å². The standard InChI is InChI=1S/C14H16ClN5/c15-13-5-4-10(6-17-13)8-20-12-3-1-2-11(12)7-18-14(20)19-9-16/h4-6,11-12H,1-3,7-8H2,(H,18,19). The highest BCUT2D eigenvalue weighted by Gasteiger charge is 2.36. The van der Waals surface area contributed by atoms with Crippen LogP contribution in [0.15, 0.2) is 23.3 Å². The molecule has 0 radical (unpaired) electrons. The molecule has 6 heteroatoms. The van der Waals surface area contributed by atoms with E-state index in [1.54, 1.807) is 12.3 Å². The van der Waals surface area contributed by atoms with Gasteiger partial charge < -0.3 is 4.90 Å². The molecule has 0 aromatic carbocycles. The zero-order valence-electron chi connectivity index (χ0n) is 11.1. The highest BCUT2D eigenvalue weighted by molar-refractivity contribution is 6.29. The summed E-state index contributed by atoms with van der Waals surface area (Å²) in [5.74, 6) is 1.30. The van der Waals surface area contributed by atoms with Crippen LogP contribution in [0.3, 0.4) is 0 Å². The van der Waals surface area contributed by atoms with Crippen LogP contribution in [0.4, 0.5) is 0 Å². The van der Waals surface area contributed by atoms with Gasteiger partial charge in [-0.2, -0.15) is 5.26 Å². The van der Waals surface area contributed by atoms with Gasteiger partial charge in [-0.3, -0.25) is 10.3 Å². The number of nitriles is 1. The summed E-state index contributed by atoms with van der Waals surface area (Å²) in [4.78, 5) is 10.8. The van der Waals surface area contributed by atoms with Gasteiger partial charge in [-0.25, -0.2) is 4.98 Å². The Labute approximate surface area is 123 Å². The molecule has 3 rings (SSSR count). The number of hydrogen-bond acceptors (Lipinski definition) is 5. The van der Waals surface area contributed by atoms with E-state index in [4.69, 9.17) is 16.9 Å². The lowest BCUT2D eigenvalue weighted by molar-refractivity contribution is 0.227. The summed E-state index contributed by atoms with van der Waals surface area (Å²) in [5, 5.41) is 12.1. The summed E-state index contributed by atoms with van der Waals surface area (Å²) in [5.41, 5.74) is 1.08. The first-order valence-corrected chi connectivity index (χ1v) is 7.22. The lowest BCUT2D eigenvalue weighted by Crippen LogP contribution is -2.50. The first-order chi connectivity index (χ1) is 9.78. The van der Waals surface area contributed by atoms with Gasteiger partial charge in [-0.1, -0.05) is 24.1 Å². The zero-order valence-corrected chi connectivity index (χ0v) is 11.8. The van der Waals surface area contributed by atoms with Crippen molar-refractivity contribution >= 4 is 17.6 Å². The second-order valence-corrected chi connectivity index (χ2v) is 5.66. The van der Waals surface area contributed by atoms with E-state index in [9.17, 15) is 0 Å². The van der Waals surface area contributed by atoms with Crippen LogP contribution in [0.5, 0.6) is 0 Å². The number of hydrogen-bond donors (Lipinski definition) is 1. The van der Waals surface area contributed by atoms with Crippen LogP contribution >= 0.6 is 11.6 Å². The number of guanidine groups is 1. The van der Waals surface area contributed by atoms with Gasteiger partial charge in [0.25, 0.3) is 0 Å². The maximum atomic E-state index is 8.88. The molecular formula is C14H16ClN5. The smallest absolute Gasteiger partial charge is 0.207 e. The molecule has 1 aliphatic heterocycles. The van der Waals surface area contributed by atoms with E-state index in [1.165, 1.54) is 12.8 Å². The number of nitrogens with one attached hydrogen (secondary N) is 1. The van der Waals surface area contributed by atoms with E-state index in [-0.39, 0.29) is 0 Å². The first-order valence-electron chi connectivity index (χ1n) is 6.84. The third kappa shape index (κ3) is 2.56. The minimum atomic E-state index is 0.471. The Hall–Kier alpha value is -1.80. The summed E-state index contributed by atoms with van der Waals surface area (Å²) >= 11 is 5.82. The third-order valence-corrected chi connectivity index (χ3v) is 4.30. The second-order valence-electron chi connectivity index (χ2n) is 5.28. The summed E-state index contributed by atoms with van der Waals surface area (Å²) in [7, 11) is 0. The molecule has 1 aromatic rings. The molecule has 2 heterocycles. The predicted molar refractivity (Wildman–Crippen MR) is 77.0 cm³/mol. The monoisotopic (exact) mass is 289 g/mol. The van der Waals surface area contributed by atoms with Crippen LogP contribution in [0.1, 0.15) is 24.8 Å². The molecule has 1 N–H and O–H groups in total. The van der Waals surface area contributed by atoms with Crippen molar-refractivity contribution in [2.75, 3.05) is 6.54 Å². The van der Waals surface area contributed by atoms with Crippen LogP contribution in [-0.4, -0.2) is 28.4 Å². The van der Waals surface area contributed by atoms with Gasteiger partial charge in [0.2, 0.25) is 5.96 Å². The summed E-state index contributed by atoms with van der Waals surface area (Å²) < 4.78 is 0. The second kappa shape index (κ2) is 5.68. The molecule has 2 atom stereocenters. The highest BCUT2D eigenvalue weighted by Crippen LogP contribution is 2.33. The molecule has 1 aliphatic carbocycles. The van der Waals surface area contributed by atoms with Crippen molar-refractivity contribution in [3.05, 3.63) is 29.0 Å². The fourth-order valence-electron chi connectivity index (χ4n) is 3.14. The summed E-state index contributed by atoms with van der Waals surface area (Å²) in [6.45, 7) is 1.53. The van der Waals surface area contributed by atoms with Gasteiger partial charge in [-0.05, 0) is 30.4 Å². The number of pyridine rings is 1. The maximum Gasteiger partial charge on any atom is 0.207 e. The Morgan fingerprint density at radius 2 is 2.35 bits per heavy atom.